The van der Waals surface area contributed by atoms with Crippen molar-refractivity contribution in [2.24, 2.45) is 0 Å². The second-order valence-corrected chi connectivity index (χ2v) is 9.15. The number of hydrogen-bond donors (Lipinski definition) is 2. The monoisotopic (exact) mass is 475 g/mol. The normalized spacial score (nSPS) is 11.8. The second-order valence-electron chi connectivity index (χ2n) is 7.43. The molecule has 0 aliphatic carbocycles. The van der Waals surface area contributed by atoms with E-state index in [0.717, 1.165) is 22.4 Å². The minimum atomic E-state index is -0.490. The summed E-state index contributed by atoms with van der Waals surface area (Å²) in [5.74, 6) is 7.58. The molecule has 1 atom stereocenters. The minimum Gasteiger partial charge on any atom is -0.495 e. The third-order valence-corrected chi connectivity index (χ3v) is 6.15. The molecule has 8 nitrogen and oxygen atoms in total. The Hall–Kier alpha value is -2.91. The first kappa shape index (κ1) is 23.7. The average Bonchev–Trinajstić information content (AvgIpc) is 3.07. The number of nitrogen functional groups attached to an aromatic ring is 1. The van der Waals surface area contributed by atoms with Crippen molar-refractivity contribution in [2.45, 2.75) is 44.7 Å². The number of carbonyl (C=O) groups is 1. The fourth-order valence-electron chi connectivity index (χ4n) is 3.03. The molecule has 1 aromatic heterocycles. The van der Waals surface area contributed by atoms with Gasteiger partial charge in [-0.25, -0.2) is 4.68 Å². The van der Waals surface area contributed by atoms with Crippen molar-refractivity contribution in [3.63, 3.8) is 0 Å². The highest BCUT2D eigenvalue weighted by Crippen LogP contribution is 2.32. The third kappa shape index (κ3) is 5.66. The van der Waals surface area contributed by atoms with Gasteiger partial charge in [0.1, 0.15) is 18.1 Å². The van der Waals surface area contributed by atoms with E-state index >= 15 is 0 Å². The van der Waals surface area contributed by atoms with Gasteiger partial charge in [0.2, 0.25) is 11.1 Å². The SMILES string of the molecule is COc1cc(Cl)c(C)cc1NC(=O)C(C)Sc1nnc(COc2cc(C)cc(C)c2)n1N. The van der Waals surface area contributed by atoms with Gasteiger partial charge in [-0.1, -0.05) is 29.4 Å². The van der Waals surface area contributed by atoms with E-state index in [-0.39, 0.29) is 12.5 Å². The van der Waals surface area contributed by atoms with Gasteiger partial charge in [-0.15, -0.1) is 10.2 Å². The number of nitrogens with zero attached hydrogens (tertiary/aromatic N) is 3. The molecular formula is C22H26ClN5O3S. The molecule has 0 fully saturated rings. The lowest BCUT2D eigenvalue weighted by molar-refractivity contribution is -0.115. The van der Waals surface area contributed by atoms with Crippen LogP contribution in [-0.4, -0.2) is 33.1 Å². The Morgan fingerprint density at radius 2 is 1.88 bits per heavy atom. The number of amides is 1. The van der Waals surface area contributed by atoms with Crippen LogP contribution in [0.4, 0.5) is 5.69 Å². The van der Waals surface area contributed by atoms with Crippen molar-refractivity contribution in [1.82, 2.24) is 14.9 Å². The van der Waals surface area contributed by atoms with Gasteiger partial charge in [-0.2, -0.15) is 0 Å². The van der Waals surface area contributed by atoms with E-state index in [1.54, 1.807) is 19.1 Å². The number of anilines is 1. The Balaban J connectivity index is 1.64. The van der Waals surface area contributed by atoms with Crippen molar-refractivity contribution in [3.05, 3.63) is 57.9 Å². The number of aryl methyl sites for hydroxylation is 3. The second kappa shape index (κ2) is 10.1. The Kier molecular flexibility index (Phi) is 7.52. The number of hydrogen-bond acceptors (Lipinski definition) is 7. The maximum absolute atomic E-state index is 12.7. The van der Waals surface area contributed by atoms with Crippen molar-refractivity contribution >= 4 is 35.0 Å². The Morgan fingerprint density at radius 3 is 2.53 bits per heavy atom. The van der Waals surface area contributed by atoms with Gasteiger partial charge in [0.15, 0.2) is 5.82 Å². The molecule has 3 N–H and O–H groups in total. The van der Waals surface area contributed by atoms with Crippen LogP contribution in [0.3, 0.4) is 0 Å². The van der Waals surface area contributed by atoms with Crippen molar-refractivity contribution in [2.75, 3.05) is 18.3 Å². The van der Waals surface area contributed by atoms with Crippen LogP contribution in [-0.2, 0) is 11.4 Å². The van der Waals surface area contributed by atoms with Gasteiger partial charge in [-0.3, -0.25) is 4.79 Å². The molecule has 0 aliphatic heterocycles. The molecule has 3 aromatic rings. The van der Waals surface area contributed by atoms with Crippen LogP contribution in [0.5, 0.6) is 11.5 Å². The standard InChI is InChI=1S/C22H26ClN5O3S/c1-12-6-13(2)8-16(7-12)31-11-20-26-27-22(28(20)24)32-15(4)21(29)25-18-9-14(3)17(23)10-19(18)30-5/h6-10,15H,11,24H2,1-5H3,(H,25,29). The number of benzene rings is 2. The molecule has 0 spiro atoms. The molecule has 0 aliphatic rings. The number of halogens is 1. The molecule has 0 saturated heterocycles. The lowest BCUT2D eigenvalue weighted by Crippen LogP contribution is -2.24. The largest absolute Gasteiger partial charge is 0.495 e. The summed E-state index contributed by atoms with van der Waals surface area (Å²) in [6, 6.07) is 9.39. The average molecular weight is 476 g/mol. The molecule has 0 bridgehead atoms. The van der Waals surface area contributed by atoms with Gasteiger partial charge in [0.25, 0.3) is 0 Å². The summed E-state index contributed by atoms with van der Waals surface area (Å²) < 4.78 is 12.5. The molecule has 32 heavy (non-hydrogen) atoms. The van der Waals surface area contributed by atoms with Crippen LogP contribution in [0.1, 0.15) is 29.4 Å². The molecule has 10 heteroatoms. The van der Waals surface area contributed by atoms with E-state index in [2.05, 4.69) is 21.6 Å². The topological polar surface area (TPSA) is 104 Å². The lowest BCUT2D eigenvalue weighted by atomic mass is 10.1. The Morgan fingerprint density at radius 1 is 1.19 bits per heavy atom. The summed E-state index contributed by atoms with van der Waals surface area (Å²) >= 11 is 7.33. The lowest BCUT2D eigenvalue weighted by Gasteiger charge is -2.15. The van der Waals surface area contributed by atoms with Crippen LogP contribution < -0.4 is 20.6 Å². The maximum atomic E-state index is 12.7. The molecule has 170 valence electrons. The predicted molar refractivity (Wildman–Crippen MR) is 127 cm³/mol. The molecule has 2 aromatic carbocycles. The molecule has 1 heterocycles. The number of carbonyl (C=O) groups excluding carboxylic acids is 1. The number of nitrogens with two attached hydrogens (primary N) is 1. The molecule has 0 radical (unpaired) electrons. The molecule has 3 rings (SSSR count). The first-order chi connectivity index (χ1) is 15.2. The van der Waals surface area contributed by atoms with Crippen molar-refractivity contribution in [1.29, 1.82) is 0 Å². The van der Waals surface area contributed by atoms with Gasteiger partial charge in [0, 0.05) is 11.1 Å². The zero-order valence-corrected chi connectivity index (χ0v) is 20.2. The number of rotatable bonds is 8. The zero-order valence-electron chi connectivity index (χ0n) is 18.6. The first-order valence-corrected chi connectivity index (χ1v) is 11.2. The van der Waals surface area contributed by atoms with Crippen LogP contribution in [0.25, 0.3) is 0 Å². The first-order valence-electron chi connectivity index (χ1n) is 9.90. The summed E-state index contributed by atoms with van der Waals surface area (Å²) in [6.07, 6.45) is 0. The summed E-state index contributed by atoms with van der Waals surface area (Å²) in [5, 5.41) is 11.5. The van der Waals surface area contributed by atoms with Gasteiger partial charge in [-0.05, 0) is 62.6 Å². The highest BCUT2D eigenvalue weighted by atomic mass is 35.5. The molecular weight excluding hydrogens is 450 g/mol. The summed E-state index contributed by atoms with van der Waals surface area (Å²) in [5.41, 5.74) is 3.59. The molecule has 0 saturated carbocycles. The number of nitrogens with one attached hydrogen (secondary N) is 1. The molecule has 1 amide bonds. The summed E-state index contributed by atoms with van der Waals surface area (Å²) in [7, 11) is 1.52. The van der Waals surface area contributed by atoms with Crippen LogP contribution >= 0.6 is 23.4 Å². The van der Waals surface area contributed by atoms with E-state index in [9.17, 15) is 4.79 Å². The number of ether oxygens (including phenoxy) is 2. The zero-order chi connectivity index (χ0) is 23.4. The smallest absolute Gasteiger partial charge is 0.237 e. The highest BCUT2D eigenvalue weighted by molar-refractivity contribution is 8.00. The van der Waals surface area contributed by atoms with E-state index < -0.39 is 5.25 Å². The van der Waals surface area contributed by atoms with Gasteiger partial charge >= 0.3 is 0 Å². The number of thioether (sulfide) groups is 1. The highest BCUT2D eigenvalue weighted by Gasteiger charge is 2.21. The summed E-state index contributed by atoms with van der Waals surface area (Å²) in [4.78, 5) is 12.7. The van der Waals surface area contributed by atoms with Crippen molar-refractivity contribution in [3.8, 4) is 11.5 Å². The van der Waals surface area contributed by atoms with Crippen LogP contribution in [0.2, 0.25) is 5.02 Å². The van der Waals surface area contributed by atoms with Gasteiger partial charge < -0.3 is 20.6 Å². The summed E-state index contributed by atoms with van der Waals surface area (Å²) in [6.45, 7) is 7.79. The number of aromatic nitrogens is 3. The van der Waals surface area contributed by atoms with Crippen LogP contribution in [0, 0.1) is 20.8 Å². The van der Waals surface area contributed by atoms with Crippen molar-refractivity contribution < 1.29 is 14.3 Å². The van der Waals surface area contributed by atoms with E-state index in [4.69, 9.17) is 26.9 Å². The maximum Gasteiger partial charge on any atom is 0.237 e. The van der Waals surface area contributed by atoms with Crippen LogP contribution in [0.15, 0.2) is 35.5 Å². The van der Waals surface area contributed by atoms with E-state index in [1.165, 1.54) is 23.5 Å². The minimum absolute atomic E-state index is 0.161. The third-order valence-electron chi connectivity index (χ3n) is 4.69. The Bertz CT molecular complexity index is 1110. The number of methoxy groups -OCH3 is 1. The molecule has 1 unspecified atom stereocenters. The van der Waals surface area contributed by atoms with E-state index in [1.807, 2.05) is 32.9 Å². The fraction of sp³-hybridized carbons (Fsp3) is 0.318. The van der Waals surface area contributed by atoms with Gasteiger partial charge in [0.05, 0.1) is 18.0 Å². The quantitative estimate of drug-likeness (QED) is 0.370. The Labute approximate surface area is 196 Å². The fourth-order valence-corrected chi connectivity index (χ4v) is 3.97. The predicted octanol–water partition coefficient (Wildman–Crippen LogP) is 4.28. The van der Waals surface area contributed by atoms with E-state index in [0.29, 0.717) is 27.4 Å².